The summed E-state index contributed by atoms with van der Waals surface area (Å²) in [4.78, 5) is 2.62. The molecule has 0 radical (unpaired) electrons. The highest BCUT2D eigenvalue weighted by atomic mass is 16.5. The van der Waals surface area contributed by atoms with Gasteiger partial charge in [-0.1, -0.05) is 6.92 Å². The first kappa shape index (κ1) is 14.3. The molecule has 18 heavy (non-hydrogen) atoms. The van der Waals surface area contributed by atoms with E-state index in [2.05, 4.69) is 25.7 Å². The molecule has 2 fully saturated rings. The topological polar surface area (TPSA) is 47.7 Å². The van der Waals surface area contributed by atoms with Crippen LogP contribution in [0.4, 0.5) is 0 Å². The van der Waals surface area contributed by atoms with E-state index in [1.807, 2.05) is 0 Å². The third-order valence-electron chi connectivity index (χ3n) is 4.49. The van der Waals surface area contributed by atoms with Crippen molar-refractivity contribution in [2.45, 2.75) is 63.8 Å². The number of morpholine rings is 1. The largest absolute Gasteiger partial charge is 0.378 e. The monoisotopic (exact) mass is 256 g/mol. The van der Waals surface area contributed by atoms with Gasteiger partial charge in [0.25, 0.3) is 0 Å². The number of nitrogens with two attached hydrogens (primary N) is 1. The molecular formula is C14H28N2O2. The van der Waals surface area contributed by atoms with E-state index in [9.17, 15) is 0 Å². The molecular weight excluding hydrogens is 228 g/mol. The van der Waals surface area contributed by atoms with Crippen LogP contribution in [0.3, 0.4) is 0 Å². The Hall–Kier alpha value is -0.160. The molecule has 3 atom stereocenters. The predicted octanol–water partition coefficient (Wildman–Crippen LogP) is 1.38. The molecule has 4 heteroatoms. The Morgan fingerprint density at radius 2 is 1.94 bits per heavy atom. The van der Waals surface area contributed by atoms with E-state index >= 15 is 0 Å². The maximum absolute atomic E-state index is 6.17. The molecule has 3 unspecified atom stereocenters. The van der Waals surface area contributed by atoms with Gasteiger partial charge in [-0.15, -0.1) is 0 Å². The number of ether oxygens (including phenoxy) is 2. The van der Waals surface area contributed by atoms with Crippen LogP contribution in [-0.4, -0.2) is 55.0 Å². The van der Waals surface area contributed by atoms with Crippen molar-refractivity contribution in [2.24, 2.45) is 5.73 Å². The number of hydrogen-bond acceptors (Lipinski definition) is 4. The van der Waals surface area contributed by atoms with Crippen LogP contribution in [0.5, 0.6) is 0 Å². The zero-order valence-electron chi connectivity index (χ0n) is 12.0. The van der Waals surface area contributed by atoms with Gasteiger partial charge >= 0.3 is 0 Å². The lowest BCUT2D eigenvalue weighted by Gasteiger charge is -2.53. The van der Waals surface area contributed by atoms with Gasteiger partial charge in [0.15, 0.2) is 0 Å². The van der Waals surface area contributed by atoms with Crippen LogP contribution < -0.4 is 5.73 Å². The number of rotatable bonds is 3. The molecule has 0 spiro atoms. The molecule has 0 saturated carbocycles. The minimum absolute atomic E-state index is 0.113. The van der Waals surface area contributed by atoms with Gasteiger partial charge in [-0.05, 0) is 33.1 Å². The lowest BCUT2D eigenvalue weighted by Crippen LogP contribution is -2.65. The standard InChI is InChI=1S/C14H28N2O2/c1-4-13-9-17-6-5-16(13)14(10-15)7-11(2)18-12(3)8-14/h11-13H,4-10,15H2,1-3H3. The second kappa shape index (κ2) is 5.87. The van der Waals surface area contributed by atoms with Crippen LogP contribution in [0.25, 0.3) is 0 Å². The molecule has 2 aliphatic heterocycles. The summed E-state index contributed by atoms with van der Waals surface area (Å²) < 4.78 is 11.5. The number of nitrogens with zero attached hydrogens (tertiary/aromatic N) is 1. The average Bonchev–Trinajstić information content (AvgIpc) is 2.37. The summed E-state index contributed by atoms with van der Waals surface area (Å²) in [6, 6.07) is 0.514. The lowest BCUT2D eigenvalue weighted by molar-refractivity contribution is -0.139. The van der Waals surface area contributed by atoms with Gasteiger partial charge in [0.05, 0.1) is 25.4 Å². The molecule has 0 aromatic rings. The SMILES string of the molecule is CCC1COCCN1C1(CN)CC(C)OC(C)C1. The summed E-state index contributed by atoms with van der Waals surface area (Å²) >= 11 is 0. The third-order valence-corrected chi connectivity index (χ3v) is 4.49. The van der Waals surface area contributed by atoms with E-state index in [0.717, 1.165) is 45.6 Å². The molecule has 106 valence electrons. The van der Waals surface area contributed by atoms with Crippen LogP contribution in [0.2, 0.25) is 0 Å². The van der Waals surface area contributed by atoms with Gasteiger partial charge in [0, 0.05) is 24.7 Å². The molecule has 2 N–H and O–H groups in total. The van der Waals surface area contributed by atoms with Crippen LogP contribution in [0, 0.1) is 0 Å². The first-order valence-electron chi connectivity index (χ1n) is 7.31. The molecule has 0 bridgehead atoms. The van der Waals surface area contributed by atoms with Crippen LogP contribution in [0.1, 0.15) is 40.0 Å². The van der Waals surface area contributed by atoms with Crippen molar-refractivity contribution in [1.29, 1.82) is 0 Å². The minimum Gasteiger partial charge on any atom is -0.378 e. The molecule has 2 heterocycles. The fourth-order valence-electron chi connectivity index (χ4n) is 3.78. The predicted molar refractivity (Wildman–Crippen MR) is 72.6 cm³/mol. The van der Waals surface area contributed by atoms with Gasteiger partial charge in [-0.25, -0.2) is 0 Å². The van der Waals surface area contributed by atoms with Crippen molar-refractivity contribution in [2.75, 3.05) is 26.3 Å². The summed E-state index contributed by atoms with van der Waals surface area (Å²) in [5.41, 5.74) is 6.29. The smallest absolute Gasteiger partial charge is 0.0622 e. The van der Waals surface area contributed by atoms with Crippen LogP contribution >= 0.6 is 0 Å². The lowest BCUT2D eigenvalue weighted by atomic mass is 9.81. The summed E-state index contributed by atoms with van der Waals surface area (Å²) in [6.45, 7) is 9.99. The Balaban J connectivity index is 2.18. The van der Waals surface area contributed by atoms with E-state index in [-0.39, 0.29) is 5.54 Å². The van der Waals surface area contributed by atoms with Crippen molar-refractivity contribution >= 4 is 0 Å². The fraction of sp³-hybridized carbons (Fsp3) is 1.00. The summed E-state index contributed by atoms with van der Waals surface area (Å²) in [7, 11) is 0. The summed E-state index contributed by atoms with van der Waals surface area (Å²) in [5.74, 6) is 0. The van der Waals surface area contributed by atoms with Crippen LogP contribution in [0.15, 0.2) is 0 Å². The zero-order valence-corrected chi connectivity index (χ0v) is 12.0. The Morgan fingerprint density at radius 1 is 1.28 bits per heavy atom. The van der Waals surface area contributed by atoms with E-state index in [1.54, 1.807) is 0 Å². The normalized spacial score (nSPS) is 43.0. The molecule has 0 amide bonds. The van der Waals surface area contributed by atoms with E-state index in [1.165, 1.54) is 0 Å². The Labute approximate surface area is 111 Å². The highest BCUT2D eigenvalue weighted by Gasteiger charge is 2.45. The second-order valence-corrected chi connectivity index (χ2v) is 5.92. The van der Waals surface area contributed by atoms with Crippen molar-refractivity contribution < 1.29 is 9.47 Å². The highest BCUT2D eigenvalue weighted by molar-refractivity contribution is 5.00. The fourth-order valence-corrected chi connectivity index (χ4v) is 3.78. The van der Waals surface area contributed by atoms with Gasteiger partial charge in [0.1, 0.15) is 0 Å². The maximum Gasteiger partial charge on any atom is 0.0622 e. The van der Waals surface area contributed by atoms with E-state index < -0.39 is 0 Å². The highest BCUT2D eigenvalue weighted by Crippen LogP contribution is 2.36. The molecule has 0 aliphatic carbocycles. The minimum atomic E-state index is 0.113. The van der Waals surface area contributed by atoms with E-state index in [0.29, 0.717) is 18.2 Å². The molecule has 4 nitrogen and oxygen atoms in total. The van der Waals surface area contributed by atoms with Gasteiger partial charge in [0.2, 0.25) is 0 Å². The molecule has 2 aliphatic rings. The quantitative estimate of drug-likeness (QED) is 0.829. The Bertz CT molecular complexity index is 263. The van der Waals surface area contributed by atoms with Crippen molar-refractivity contribution in [3.8, 4) is 0 Å². The van der Waals surface area contributed by atoms with Crippen molar-refractivity contribution in [3.63, 3.8) is 0 Å². The van der Waals surface area contributed by atoms with Crippen molar-refractivity contribution in [1.82, 2.24) is 4.90 Å². The Kier molecular flexibility index (Phi) is 4.64. The third kappa shape index (κ3) is 2.72. The molecule has 0 aromatic carbocycles. The molecule has 0 aromatic heterocycles. The average molecular weight is 256 g/mol. The summed E-state index contributed by atoms with van der Waals surface area (Å²) in [6.07, 6.45) is 3.83. The van der Waals surface area contributed by atoms with E-state index in [4.69, 9.17) is 15.2 Å². The van der Waals surface area contributed by atoms with Gasteiger partial charge < -0.3 is 15.2 Å². The first-order valence-corrected chi connectivity index (χ1v) is 7.31. The van der Waals surface area contributed by atoms with Gasteiger partial charge in [-0.3, -0.25) is 4.90 Å². The second-order valence-electron chi connectivity index (χ2n) is 5.92. The van der Waals surface area contributed by atoms with Crippen molar-refractivity contribution in [3.05, 3.63) is 0 Å². The zero-order chi connectivity index (χ0) is 13.2. The van der Waals surface area contributed by atoms with Crippen LogP contribution in [-0.2, 0) is 9.47 Å². The maximum atomic E-state index is 6.17. The van der Waals surface area contributed by atoms with Gasteiger partial charge in [-0.2, -0.15) is 0 Å². The number of hydrogen-bond donors (Lipinski definition) is 1. The molecule has 2 saturated heterocycles. The summed E-state index contributed by atoms with van der Waals surface area (Å²) in [5, 5.41) is 0. The Morgan fingerprint density at radius 3 is 2.50 bits per heavy atom. The molecule has 2 rings (SSSR count). The first-order chi connectivity index (χ1) is 8.61.